The van der Waals surface area contributed by atoms with E-state index in [0.717, 1.165) is 0 Å². The van der Waals surface area contributed by atoms with Gasteiger partial charge in [0, 0.05) is 0 Å². The summed E-state index contributed by atoms with van der Waals surface area (Å²) in [5.41, 5.74) is 4.51. The van der Waals surface area contributed by atoms with E-state index in [9.17, 15) is 0 Å². The molecular formula is C33H63Ga3Si3. The van der Waals surface area contributed by atoms with E-state index in [4.69, 9.17) is 0 Å². The van der Waals surface area contributed by atoms with Crippen LogP contribution in [0.2, 0.25) is 88.8 Å². The predicted molar refractivity (Wildman–Crippen MR) is 201 cm³/mol. The summed E-state index contributed by atoms with van der Waals surface area (Å²) < 4.78 is 5.84. The molecule has 0 unspecified atom stereocenters. The van der Waals surface area contributed by atoms with E-state index in [2.05, 4.69) is 137 Å². The second-order valence-electron chi connectivity index (χ2n) is 15.0. The fraction of sp³-hybridized carbons (Fsp3) is 0.636. The summed E-state index contributed by atoms with van der Waals surface area (Å²) in [6.45, 7) is 38.2. The van der Waals surface area contributed by atoms with Crippen molar-refractivity contribution in [3.05, 3.63) is 46.1 Å². The minimum atomic E-state index is -1.43. The maximum atomic E-state index is 2.73. The SMILES string of the molecule is C[CH2][Ga]([CH2]C)/[C](=C\c1cc(/C=[C](\[Ga]([CH2]C)[CH2]C)[Si](C)(C)C)cc(/C=[C](\[Ga]([CH2]C)[CH2]C)[Si](C)(C)C)c1)[Si](C)(C)C. The van der Waals surface area contributed by atoms with Gasteiger partial charge < -0.3 is 0 Å². The van der Waals surface area contributed by atoms with Gasteiger partial charge in [0.25, 0.3) is 0 Å². The first-order valence-corrected chi connectivity index (χ1v) is 40.7. The molecule has 0 fully saturated rings. The molecule has 39 heavy (non-hydrogen) atoms. The van der Waals surface area contributed by atoms with E-state index in [1.807, 2.05) is 11.3 Å². The molecule has 1 aromatic rings. The van der Waals surface area contributed by atoms with Crippen molar-refractivity contribution in [2.24, 2.45) is 0 Å². The van der Waals surface area contributed by atoms with Gasteiger partial charge in [-0.2, -0.15) is 0 Å². The van der Waals surface area contributed by atoms with E-state index in [1.165, 1.54) is 46.5 Å². The Kier molecular flexibility index (Phi) is 16.3. The van der Waals surface area contributed by atoms with Crippen molar-refractivity contribution < 1.29 is 0 Å². The van der Waals surface area contributed by atoms with E-state index in [1.54, 1.807) is 0 Å². The van der Waals surface area contributed by atoms with Gasteiger partial charge in [-0.05, 0) is 0 Å². The van der Waals surface area contributed by atoms with Crippen LogP contribution in [0.4, 0.5) is 0 Å². The van der Waals surface area contributed by atoms with Gasteiger partial charge in [-0.15, -0.1) is 0 Å². The Labute approximate surface area is 265 Å². The average Bonchev–Trinajstić information content (AvgIpc) is 2.82. The topological polar surface area (TPSA) is 0 Å². The van der Waals surface area contributed by atoms with Crippen molar-refractivity contribution in [1.29, 1.82) is 0 Å². The molecule has 216 valence electrons. The number of hydrogen-bond donors (Lipinski definition) is 0. The van der Waals surface area contributed by atoms with E-state index in [-0.39, 0.29) is 0 Å². The van der Waals surface area contributed by atoms with Crippen molar-refractivity contribution in [3.63, 3.8) is 0 Å². The molecule has 0 saturated carbocycles. The van der Waals surface area contributed by atoms with Crippen LogP contribution < -0.4 is 0 Å². The second-order valence-corrected chi connectivity index (χ2v) is 56.9. The van der Waals surface area contributed by atoms with Gasteiger partial charge in [-0.25, -0.2) is 0 Å². The monoisotopic (exact) mass is 750 g/mol. The molecule has 0 aliphatic rings. The third kappa shape index (κ3) is 11.9. The van der Waals surface area contributed by atoms with Crippen LogP contribution in [0.1, 0.15) is 58.2 Å². The molecule has 1 aromatic carbocycles. The van der Waals surface area contributed by atoms with Gasteiger partial charge in [0.2, 0.25) is 0 Å². The molecular weight excluding hydrogens is 690 g/mol. The van der Waals surface area contributed by atoms with Crippen LogP contribution in [0.25, 0.3) is 18.2 Å². The first-order valence-electron chi connectivity index (χ1n) is 16.3. The van der Waals surface area contributed by atoms with Crippen LogP contribution in [0, 0.1) is 0 Å². The zero-order valence-corrected chi connectivity index (χ0v) is 39.2. The van der Waals surface area contributed by atoms with Crippen molar-refractivity contribution in [1.82, 2.24) is 0 Å². The van der Waals surface area contributed by atoms with Gasteiger partial charge in [-0.3, -0.25) is 0 Å². The van der Waals surface area contributed by atoms with Crippen LogP contribution in [-0.4, -0.2) is 72.9 Å². The number of benzene rings is 1. The number of rotatable bonds is 15. The Balaban J connectivity index is 4.12. The first kappa shape index (κ1) is 38.0. The summed E-state index contributed by atoms with van der Waals surface area (Å²) in [6.07, 6.45) is 8.20. The third-order valence-corrected chi connectivity index (χ3v) is 56.2. The van der Waals surface area contributed by atoms with Crippen LogP contribution >= 0.6 is 0 Å². The zero-order valence-electron chi connectivity index (χ0n) is 28.9. The van der Waals surface area contributed by atoms with Crippen LogP contribution in [0.15, 0.2) is 29.5 Å². The Morgan fingerprint density at radius 2 is 0.615 bits per heavy atom. The predicted octanol–water partition coefficient (Wildman–Crippen LogP) is 11.7. The fourth-order valence-corrected chi connectivity index (χ4v) is 53.3. The van der Waals surface area contributed by atoms with Crippen LogP contribution in [0.5, 0.6) is 0 Å². The van der Waals surface area contributed by atoms with Gasteiger partial charge in [0.05, 0.1) is 0 Å². The summed E-state index contributed by atoms with van der Waals surface area (Å²) in [5.74, 6) is 0. The normalized spacial score (nSPS) is 14.1. The molecule has 0 radical (unpaired) electrons. The Bertz CT molecular complexity index is 852. The Hall–Kier alpha value is 1.000. The molecule has 0 saturated heterocycles. The van der Waals surface area contributed by atoms with Crippen molar-refractivity contribution in [2.45, 2.75) is 130 Å². The first-order chi connectivity index (χ1) is 18.0. The third-order valence-electron chi connectivity index (χ3n) is 8.84. The summed E-state index contributed by atoms with van der Waals surface area (Å²) in [6, 6.07) is 7.75. The molecule has 1 rings (SSSR count). The molecule has 0 amide bonds. The molecule has 0 atom stereocenters. The Morgan fingerprint density at radius 3 is 0.744 bits per heavy atom. The molecule has 0 N–H and O–H groups in total. The molecule has 0 heterocycles. The molecule has 0 bridgehead atoms. The molecule has 6 heteroatoms. The number of hydrogen-bond acceptors (Lipinski definition) is 0. The molecule has 0 aromatic heterocycles. The summed E-state index contributed by atoms with van der Waals surface area (Å²) in [4.78, 5) is 8.64. The molecule has 0 aliphatic carbocycles. The van der Waals surface area contributed by atoms with E-state index in [0.29, 0.717) is 0 Å². The summed E-state index contributed by atoms with van der Waals surface area (Å²) in [7, 11) is -4.04. The van der Waals surface area contributed by atoms with Gasteiger partial charge in [-0.1, -0.05) is 0 Å². The minimum absolute atomic E-state index is 1.35. The van der Waals surface area contributed by atoms with Gasteiger partial charge in [0.15, 0.2) is 0 Å². The summed E-state index contributed by atoms with van der Waals surface area (Å²) in [5, 5.41) is 0. The average molecular weight is 753 g/mol. The Morgan fingerprint density at radius 1 is 0.436 bits per heavy atom. The standard InChI is InChI=1S/C21H33Si3.6C2H5.3Ga/c1-22(2,3)13-10-19-16-20(11-14-23(4,5)6)18-21(17-19)12-15-24(7,8)9;6*1-2;;;/h10-12,16-18H,1-9H3;6*1H2,2H3;;;. The van der Waals surface area contributed by atoms with Crippen LogP contribution in [-0.2, 0) is 0 Å². The van der Waals surface area contributed by atoms with Gasteiger partial charge in [0.1, 0.15) is 0 Å². The zero-order chi connectivity index (χ0) is 30.2. The fourth-order valence-electron chi connectivity index (χ4n) is 6.52. The van der Waals surface area contributed by atoms with Crippen molar-refractivity contribution in [3.8, 4) is 0 Å². The van der Waals surface area contributed by atoms with Gasteiger partial charge >= 0.3 is 268 Å². The van der Waals surface area contributed by atoms with Crippen LogP contribution in [0.3, 0.4) is 0 Å². The second kappa shape index (κ2) is 16.7. The molecule has 0 spiro atoms. The molecule has 0 aliphatic heterocycles. The maximum absolute atomic E-state index is 2.73. The van der Waals surface area contributed by atoms with E-state index >= 15 is 0 Å². The summed E-state index contributed by atoms with van der Waals surface area (Å²) >= 11 is -4.29. The van der Waals surface area contributed by atoms with Crippen molar-refractivity contribution in [2.75, 3.05) is 0 Å². The quantitative estimate of drug-likeness (QED) is 0.157. The van der Waals surface area contributed by atoms with Crippen molar-refractivity contribution >= 4 is 91.1 Å². The molecule has 0 nitrogen and oxygen atoms in total. The van der Waals surface area contributed by atoms with E-state index < -0.39 is 72.9 Å².